The molecular weight excluding hydrogens is 277 g/mol. The third kappa shape index (κ3) is 3.38. The van der Waals surface area contributed by atoms with Crippen molar-refractivity contribution in [3.8, 4) is 16.9 Å². The second-order valence-electron chi connectivity index (χ2n) is 5.02. The van der Waals surface area contributed by atoms with Gasteiger partial charge in [-0.25, -0.2) is 13.2 Å². The van der Waals surface area contributed by atoms with E-state index in [1.807, 2.05) is 6.92 Å². The molecule has 0 bridgehead atoms. The van der Waals surface area contributed by atoms with Crippen LogP contribution in [0.25, 0.3) is 11.1 Å². The molecule has 0 unspecified atom stereocenters. The molecule has 0 radical (unpaired) electrons. The minimum atomic E-state index is -0.978. The fourth-order valence-corrected chi connectivity index (χ4v) is 2.25. The highest BCUT2D eigenvalue weighted by molar-refractivity contribution is 5.65. The van der Waals surface area contributed by atoms with E-state index < -0.39 is 23.2 Å². The zero-order valence-corrected chi connectivity index (χ0v) is 11.8. The van der Waals surface area contributed by atoms with Gasteiger partial charge in [0.15, 0.2) is 23.2 Å². The summed E-state index contributed by atoms with van der Waals surface area (Å²) in [6.45, 7) is 2.04. The maximum Gasteiger partial charge on any atom is 0.166 e. The molecule has 1 nitrogen and oxygen atoms in total. The van der Waals surface area contributed by atoms with Crippen LogP contribution in [-0.2, 0) is 6.42 Å². The van der Waals surface area contributed by atoms with Gasteiger partial charge in [-0.05, 0) is 36.1 Å². The maximum atomic E-state index is 14.1. The first-order valence-electron chi connectivity index (χ1n) is 7.00. The zero-order valence-electron chi connectivity index (χ0n) is 11.8. The third-order valence-electron chi connectivity index (χ3n) is 3.47. The van der Waals surface area contributed by atoms with Crippen LogP contribution >= 0.6 is 0 Å². The van der Waals surface area contributed by atoms with Crippen LogP contribution < -0.4 is 0 Å². The molecule has 1 N–H and O–H groups in total. The highest BCUT2D eigenvalue weighted by atomic mass is 19.2. The molecule has 0 saturated carbocycles. The van der Waals surface area contributed by atoms with Crippen molar-refractivity contribution in [3.05, 3.63) is 53.3 Å². The summed E-state index contributed by atoms with van der Waals surface area (Å²) in [6.07, 6.45) is 3.27. The van der Waals surface area contributed by atoms with Crippen LogP contribution in [0.1, 0.15) is 31.7 Å². The van der Waals surface area contributed by atoms with Crippen molar-refractivity contribution in [1.29, 1.82) is 0 Å². The van der Waals surface area contributed by atoms with Crippen LogP contribution in [-0.4, -0.2) is 5.11 Å². The number of aromatic hydroxyl groups is 1. The molecular formula is C17H17F3O. The predicted octanol–water partition coefficient (Wildman–Crippen LogP) is 5.21. The predicted molar refractivity (Wildman–Crippen MR) is 76.6 cm³/mol. The first-order chi connectivity index (χ1) is 10.0. The van der Waals surface area contributed by atoms with Gasteiger partial charge in [0.1, 0.15) is 0 Å². The van der Waals surface area contributed by atoms with Gasteiger partial charge in [0.25, 0.3) is 0 Å². The summed E-state index contributed by atoms with van der Waals surface area (Å²) in [4.78, 5) is 0. The molecule has 0 aliphatic carbocycles. The number of phenols is 1. The van der Waals surface area contributed by atoms with Gasteiger partial charge in [-0.15, -0.1) is 0 Å². The van der Waals surface area contributed by atoms with E-state index >= 15 is 0 Å². The van der Waals surface area contributed by atoms with Crippen molar-refractivity contribution in [2.45, 2.75) is 32.6 Å². The lowest BCUT2D eigenvalue weighted by atomic mass is 9.99. The molecule has 0 fully saturated rings. The Labute approximate surface area is 122 Å². The average molecular weight is 294 g/mol. The Morgan fingerprint density at radius 3 is 2.38 bits per heavy atom. The van der Waals surface area contributed by atoms with Gasteiger partial charge in [-0.1, -0.05) is 38.0 Å². The number of aryl methyl sites for hydroxylation is 1. The normalized spacial score (nSPS) is 10.9. The second-order valence-corrected chi connectivity index (χ2v) is 5.02. The maximum absolute atomic E-state index is 14.1. The summed E-state index contributed by atoms with van der Waals surface area (Å²) >= 11 is 0. The van der Waals surface area contributed by atoms with E-state index in [4.69, 9.17) is 5.11 Å². The first kappa shape index (κ1) is 15.4. The van der Waals surface area contributed by atoms with E-state index in [0.29, 0.717) is 12.0 Å². The number of benzene rings is 2. The molecule has 4 heteroatoms. The van der Waals surface area contributed by atoms with Gasteiger partial charge >= 0.3 is 0 Å². The van der Waals surface area contributed by atoms with Gasteiger partial charge in [-0.3, -0.25) is 0 Å². The molecule has 0 amide bonds. The molecule has 2 rings (SSSR count). The summed E-state index contributed by atoms with van der Waals surface area (Å²) < 4.78 is 41.5. The largest absolute Gasteiger partial charge is 0.505 e. The Morgan fingerprint density at radius 2 is 1.71 bits per heavy atom. The number of rotatable bonds is 5. The van der Waals surface area contributed by atoms with Crippen LogP contribution in [0.4, 0.5) is 13.2 Å². The van der Waals surface area contributed by atoms with Crippen LogP contribution in [0.5, 0.6) is 5.75 Å². The summed E-state index contributed by atoms with van der Waals surface area (Å²) in [5, 5.41) is 9.14. The molecule has 0 spiro atoms. The summed E-state index contributed by atoms with van der Waals surface area (Å²) in [7, 11) is 0. The lowest BCUT2D eigenvalue weighted by Gasteiger charge is -2.09. The molecule has 0 aliphatic rings. The van der Waals surface area contributed by atoms with Gasteiger partial charge in [0.05, 0.1) is 0 Å². The van der Waals surface area contributed by atoms with Gasteiger partial charge < -0.3 is 5.11 Å². The smallest absolute Gasteiger partial charge is 0.166 e. The van der Waals surface area contributed by atoms with Crippen molar-refractivity contribution >= 4 is 0 Å². The van der Waals surface area contributed by atoms with Gasteiger partial charge in [-0.2, -0.15) is 0 Å². The molecule has 0 heterocycles. The van der Waals surface area contributed by atoms with E-state index in [1.165, 1.54) is 18.2 Å². The number of hydrogen-bond acceptors (Lipinski definition) is 1. The standard InChI is InChI=1S/C17H17F3O/c1-2-3-4-5-11-6-8-13(17(20)16(11)19)12-7-9-15(21)14(18)10-12/h6-10,21H,2-5H2,1H3. The molecule has 112 valence electrons. The Morgan fingerprint density at radius 1 is 0.952 bits per heavy atom. The number of unbranched alkanes of at least 4 members (excludes halogenated alkanes) is 2. The number of halogens is 3. The van der Waals surface area contributed by atoms with Crippen LogP contribution in [0, 0.1) is 17.5 Å². The molecule has 2 aromatic rings. The van der Waals surface area contributed by atoms with Crippen molar-refractivity contribution in [2.24, 2.45) is 0 Å². The van der Waals surface area contributed by atoms with E-state index in [1.54, 1.807) is 0 Å². The topological polar surface area (TPSA) is 20.2 Å². The molecule has 0 saturated heterocycles. The Balaban J connectivity index is 2.33. The number of phenolic OH excluding ortho intramolecular Hbond substituents is 1. The summed E-state index contributed by atoms with van der Waals surface area (Å²) in [5.41, 5.74) is 0.524. The van der Waals surface area contributed by atoms with Crippen molar-refractivity contribution in [2.75, 3.05) is 0 Å². The summed E-state index contributed by atoms with van der Waals surface area (Å²) in [5.74, 6) is -3.23. The lowest BCUT2D eigenvalue weighted by molar-refractivity contribution is 0.432. The molecule has 0 atom stereocenters. The summed E-state index contributed by atoms with van der Waals surface area (Å²) in [6, 6.07) is 6.45. The zero-order chi connectivity index (χ0) is 15.4. The first-order valence-corrected chi connectivity index (χ1v) is 7.00. The fraction of sp³-hybridized carbons (Fsp3) is 0.294. The quantitative estimate of drug-likeness (QED) is 0.751. The van der Waals surface area contributed by atoms with E-state index in [0.717, 1.165) is 31.4 Å². The highest BCUT2D eigenvalue weighted by Crippen LogP contribution is 2.29. The minimum absolute atomic E-state index is 0.00867. The molecule has 2 aromatic carbocycles. The minimum Gasteiger partial charge on any atom is -0.505 e. The van der Waals surface area contributed by atoms with Crippen molar-refractivity contribution in [3.63, 3.8) is 0 Å². The second kappa shape index (κ2) is 6.66. The van der Waals surface area contributed by atoms with Crippen molar-refractivity contribution < 1.29 is 18.3 Å². The average Bonchev–Trinajstić information content (AvgIpc) is 2.47. The van der Waals surface area contributed by atoms with E-state index in [2.05, 4.69) is 0 Å². The van der Waals surface area contributed by atoms with E-state index in [9.17, 15) is 13.2 Å². The monoisotopic (exact) mass is 294 g/mol. The molecule has 0 aromatic heterocycles. The van der Waals surface area contributed by atoms with E-state index in [-0.39, 0.29) is 11.1 Å². The lowest BCUT2D eigenvalue weighted by Crippen LogP contribution is -1.98. The number of hydrogen-bond donors (Lipinski definition) is 1. The van der Waals surface area contributed by atoms with Crippen LogP contribution in [0.2, 0.25) is 0 Å². The van der Waals surface area contributed by atoms with Gasteiger partial charge in [0, 0.05) is 5.56 Å². The third-order valence-corrected chi connectivity index (χ3v) is 3.47. The molecule has 0 aliphatic heterocycles. The highest BCUT2D eigenvalue weighted by Gasteiger charge is 2.15. The Hall–Kier alpha value is -1.97. The Bertz CT molecular complexity index is 638. The Kier molecular flexibility index (Phi) is 4.89. The fourth-order valence-electron chi connectivity index (χ4n) is 2.25. The molecule has 21 heavy (non-hydrogen) atoms. The van der Waals surface area contributed by atoms with Crippen LogP contribution in [0.3, 0.4) is 0 Å². The van der Waals surface area contributed by atoms with Crippen LogP contribution in [0.15, 0.2) is 30.3 Å². The van der Waals surface area contributed by atoms with Gasteiger partial charge in [0.2, 0.25) is 0 Å². The SMILES string of the molecule is CCCCCc1ccc(-c2ccc(O)c(F)c2)c(F)c1F. The van der Waals surface area contributed by atoms with Crippen molar-refractivity contribution in [1.82, 2.24) is 0 Å².